The topological polar surface area (TPSA) is 52.3 Å². The molecule has 0 aromatic heterocycles. The fourth-order valence-electron chi connectivity index (χ4n) is 2.94. The van der Waals surface area contributed by atoms with Gasteiger partial charge in [0.1, 0.15) is 17.5 Å². The molecule has 1 aliphatic rings. The lowest BCUT2D eigenvalue weighted by Crippen LogP contribution is -2.28. The molecule has 0 spiro atoms. The average molecular weight is 283 g/mol. The van der Waals surface area contributed by atoms with E-state index in [9.17, 15) is 13.6 Å². The number of nitrogens with two attached hydrogens (primary N) is 1. The van der Waals surface area contributed by atoms with Crippen LogP contribution in [-0.4, -0.2) is 12.1 Å². The molecule has 1 aliphatic carbocycles. The molecule has 1 aromatic rings. The molecular weight excluding hydrogens is 264 g/mol. The van der Waals surface area contributed by atoms with Crippen LogP contribution in [0.4, 0.5) is 14.5 Å². The molecule has 20 heavy (non-hydrogen) atoms. The second-order valence-corrected chi connectivity index (χ2v) is 5.80. The number of hydrogen-bond donors (Lipinski definition) is 1. The summed E-state index contributed by atoms with van der Waals surface area (Å²) < 4.78 is 32.3. The van der Waals surface area contributed by atoms with Crippen LogP contribution < -0.4 is 5.73 Å². The molecule has 2 atom stereocenters. The summed E-state index contributed by atoms with van der Waals surface area (Å²) in [6.07, 6.45) is 2.35. The van der Waals surface area contributed by atoms with Gasteiger partial charge in [0.2, 0.25) is 0 Å². The Labute approximate surface area is 117 Å². The number of esters is 1. The van der Waals surface area contributed by atoms with E-state index in [0.29, 0.717) is 11.8 Å². The third-order valence-corrected chi connectivity index (χ3v) is 3.69. The van der Waals surface area contributed by atoms with Crippen molar-refractivity contribution in [1.29, 1.82) is 0 Å². The SMILES string of the molecule is CC1CC(C)CC(OC(=O)c2cc(F)cc(N)c2F)C1. The Kier molecular flexibility index (Phi) is 4.26. The Morgan fingerprint density at radius 1 is 1.20 bits per heavy atom. The van der Waals surface area contributed by atoms with E-state index < -0.39 is 23.2 Å². The third kappa shape index (κ3) is 3.26. The Hall–Kier alpha value is -1.65. The Morgan fingerprint density at radius 2 is 1.80 bits per heavy atom. The first-order valence-corrected chi connectivity index (χ1v) is 6.82. The van der Waals surface area contributed by atoms with Gasteiger partial charge in [0, 0.05) is 0 Å². The highest BCUT2D eigenvalue weighted by molar-refractivity contribution is 5.91. The number of rotatable bonds is 2. The highest BCUT2D eigenvalue weighted by Crippen LogP contribution is 2.31. The van der Waals surface area contributed by atoms with Gasteiger partial charge in [0.15, 0.2) is 5.82 Å². The van der Waals surface area contributed by atoms with Gasteiger partial charge in [-0.3, -0.25) is 0 Å². The molecule has 0 bridgehead atoms. The highest BCUT2D eigenvalue weighted by atomic mass is 19.1. The predicted octanol–water partition coefficient (Wildman–Crippen LogP) is 3.53. The number of benzene rings is 1. The van der Waals surface area contributed by atoms with Crippen molar-refractivity contribution in [3.05, 3.63) is 29.3 Å². The summed E-state index contributed by atoms with van der Waals surface area (Å²) in [5, 5.41) is 0. The molecule has 0 amide bonds. The maximum Gasteiger partial charge on any atom is 0.341 e. The van der Waals surface area contributed by atoms with Gasteiger partial charge in [-0.25, -0.2) is 13.6 Å². The lowest BCUT2D eigenvalue weighted by atomic mass is 9.82. The highest BCUT2D eigenvalue weighted by Gasteiger charge is 2.28. The zero-order valence-electron chi connectivity index (χ0n) is 11.7. The van der Waals surface area contributed by atoms with Crippen LogP contribution in [0.15, 0.2) is 12.1 Å². The van der Waals surface area contributed by atoms with E-state index in [4.69, 9.17) is 10.5 Å². The van der Waals surface area contributed by atoms with E-state index in [1.165, 1.54) is 0 Å². The fraction of sp³-hybridized carbons (Fsp3) is 0.533. The molecule has 2 N–H and O–H groups in total. The molecule has 3 nitrogen and oxygen atoms in total. The second-order valence-electron chi connectivity index (χ2n) is 5.80. The van der Waals surface area contributed by atoms with Gasteiger partial charge in [-0.1, -0.05) is 13.8 Å². The van der Waals surface area contributed by atoms with Gasteiger partial charge in [0.25, 0.3) is 0 Å². The van der Waals surface area contributed by atoms with E-state index in [1.807, 2.05) is 0 Å². The van der Waals surface area contributed by atoms with Gasteiger partial charge in [-0.15, -0.1) is 0 Å². The molecule has 110 valence electrons. The number of carbonyl (C=O) groups excluding carboxylic acids is 1. The maximum atomic E-state index is 13.7. The second kappa shape index (κ2) is 5.77. The van der Waals surface area contributed by atoms with Crippen molar-refractivity contribution in [1.82, 2.24) is 0 Å². The average Bonchev–Trinajstić information content (AvgIpc) is 2.32. The molecule has 0 heterocycles. The molecular formula is C15H19F2NO2. The van der Waals surface area contributed by atoms with Crippen molar-refractivity contribution in [2.45, 2.75) is 39.2 Å². The number of carbonyl (C=O) groups is 1. The first-order valence-electron chi connectivity index (χ1n) is 6.82. The molecule has 5 heteroatoms. The predicted molar refractivity (Wildman–Crippen MR) is 72.2 cm³/mol. The van der Waals surface area contributed by atoms with Gasteiger partial charge in [0.05, 0.1) is 5.69 Å². The van der Waals surface area contributed by atoms with Gasteiger partial charge in [-0.05, 0) is 43.2 Å². The van der Waals surface area contributed by atoms with E-state index in [0.717, 1.165) is 31.4 Å². The van der Waals surface area contributed by atoms with Crippen LogP contribution in [-0.2, 0) is 4.74 Å². The van der Waals surface area contributed by atoms with Crippen molar-refractivity contribution in [2.24, 2.45) is 11.8 Å². The third-order valence-electron chi connectivity index (χ3n) is 3.69. The number of halogens is 2. The van der Waals surface area contributed by atoms with Crippen molar-refractivity contribution >= 4 is 11.7 Å². The van der Waals surface area contributed by atoms with E-state index in [2.05, 4.69) is 13.8 Å². The number of ether oxygens (including phenoxy) is 1. The lowest BCUT2D eigenvalue weighted by molar-refractivity contribution is 0.00758. The number of nitrogen functional groups attached to an aromatic ring is 1. The summed E-state index contributed by atoms with van der Waals surface area (Å²) in [4.78, 5) is 12.0. The largest absolute Gasteiger partial charge is 0.459 e. The van der Waals surface area contributed by atoms with E-state index >= 15 is 0 Å². The number of hydrogen-bond acceptors (Lipinski definition) is 3. The standard InChI is InChI=1S/C15H19F2NO2/c1-8-3-9(2)5-11(4-8)20-15(19)12-6-10(16)7-13(18)14(12)17/h6-9,11H,3-5,18H2,1-2H3. The lowest BCUT2D eigenvalue weighted by Gasteiger charge is -2.31. The van der Waals surface area contributed by atoms with Crippen LogP contribution >= 0.6 is 0 Å². The molecule has 0 saturated heterocycles. The van der Waals surface area contributed by atoms with Gasteiger partial charge >= 0.3 is 5.97 Å². The van der Waals surface area contributed by atoms with Crippen molar-refractivity contribution in [3.8, 4) is 0 Å². The van der Waals surface area contributed by atoms with Crippen LogP contribution in [0.25, 0.3) is 0 Å². The summed E-state index contributed by atoms with van der Waals surface area (Å²) in [6.45, 7) is 4.19. The fourth-order valence-corrected chi connectivity index (χ4v) is 2.94. The molecule has 1 fully saturated rings. The molecule has 0 aliphatic heterocycles. The minimum atomic E-state index is -0.923. The molecule has 0 radical (unpaired) electrons. The van der Waals surface area contributed by atoms with Crippen molar-refractivity contribution in [3.63, 3.8) is 0 Å². The summed E-state index contributed by atoms with van der Waals surface area (Å²) in [5.41, 5.74) is 4.49. The minimum Gasteiger partial charge on any atom is -0.459 e. The van der Waals surface area contributed by atoms with Gasteiger partial charge in [-0.2, -0.15) is 0 Å². The van der Waals surface area contributed by atoms with Crippen LogP contribution in [0.2, 0.25) is 0 Å². The van der Waals surface area contributed by atoms with Crippen LogP contribution in [0.1, 0.15) is 43.5 Å². The Morgan fingerprint density at radius 3 is 2.40 bits per heavy atom. The summed E-state index contributed by atoms with van der Waals surface area (Å²) in [7, 11) is 0. The van der Waals surface area contributed by atoms with Crippen LogP contribution in [0.3, 0.4) is 0 Å². The zero-order chi connectivity index (χ0) is 14.9. The first kappa shape index (κ1) is 14.8. The monoisotopic (exact) mass is 283 g/mol. The number of anilines is 1. The quantitative estimate of drug-likeness (QED) is 0.667. The minimum absolute atomic E-state index is 0.245. The molecule has 1 saturated carbocycles. The van der Waals surface area contributed by atoms with Gasteiger partial charge < -0.3 is 10.5 Å². The molecule has 1 aromatic carbocycles. The van der Waals surface area contributed by atoms with Crippen molar-refractivity contribution < 1.29 is 18.3 Å². The van der Waals surface area contributed by atoms with Crippen LogP contribution in [0, 0.1) is 23.5 Å². The molecule has 2 unspecified atom stereocenters. The smallest absolute Gasteiger partial charge is 0.341 e. The summed E-state index contributed by atoms with van der Waals surface area (Å²) in [5.74, 6) is -1.60. The van der Waals surface area contributed by atoms with E-state index in [1.54, 1.807) is 0 Å². The zero-order valence-corrected chi connectivity index (χ0v) is 11.7. The molecule has 2 rings (SSSR count). The normalized spacial score (nSPS) is 26.3. The van der Waals surface area contributed by atoms with Crippen molar-refractivity contribution in [2.75, 3.05) is 5.73 Å². The maximum absolute atomic E-state index is 13.7. The Bertz CT molecular complexity index is 509. The first-order chi connectivity index (χ1) is 9.36. The van der Waals surface area contributed by atoms with E-state index in [-0.39, 0.29) is 11.8 Å². The summed E-state index contributed by atoms with van der Waals surface area (Å²) in [6, 6.07) is 1.67. The summed E-state index contributed by atoms with van der Waals surface area (Å²) >= 11 is 0. The Balaban J connectivity index is 2.12. The van der Waals surface area contributed by atoms with Crippen LogP contribution in [0.5, 0.6) is 0 Å².